The first-order valence-electron chi connectivity index (χ1n) is 7.92. The molecule has 1 aromatic rings. The number of carbonyl (C=O) groups is 1. The van der Waals surface area contributed by atoms with Crippen LogP contribution in [0.5, 0.6) is 0 Å². The molecule has 0 spiro atoms. The highest BCUT2D eigenvalue weighted by molar-refractivity contribution is 7.89. The molecule has 9 heteroatoms. The molecule has 1 aromatic heterocycles. The number of amides is 1. The summed E-state index contributed by atoms with van der Waals surface area (Å²) in [5, 5.41) is 6.90. The number of nitrogens with one attached hydrogen (secondary N) is 2. The first-order valence-corrected chi connectivity index (χ1v) is 9.57. The van der Waals surface area contributed by atoms with Crippen LogP contribution >= 0.6 is 0 Å². The first kappa shape index (κ1) is 17.9. The molecule has 2 heterocycles. The van der Waals surface area contributed by atoms with Crippen LogP contribution in [0.2, 0.25) is 0 Å². The van der Waals surface area contributed by atoms with Gasteiger partial charge in [-0.1, -0.05) is 0 Å². The Hall–Kier alpha value is -1.45. The van der Waals surface area contributed by atoms with Crippen molar-refractivity contribution in [3.05, 3.63) is 18.0 Å². The van der Waals surface area contributed by atoms with Crippen molar-refractivity contribution in [3.8, 4) is 0 Å². The molecule has 1 saturated heterocycles. The Morgan fingerprint density at radius 2 is 2.26 bits per heavy atom. The fourth-order valence-corrected chi connectivity index (χ4v) is 3.31. The van der Waals surface area contributed by atoms with Crippen LogP contribution in [0, 0.1) is 0 Å². The summed E-state index contributed by atoms with van der Waals surface area (Å²) in [5.41, 5.74) is 0.417. The van der Waals surface area contributed by atoms with Gasteiger partial charge < -0.3 is 5.32 Å². The predicted molar refractivity (Wildman–Crippen MR) is 87.8 cm³/mol. The largest absolute Gasteiger partial charge is 0.354 e. The van der Waals surface area contributed by atoms with Crippen LogP contribution in [0.4, 0.5) is 0 Å². The van der Waals surface area contributed by atoms with Crippen molar-refractivity contribution in [2.45, 2.75) is 25.8 Å². The van der Waals surface area contributed by atoms with Gasteiger partial charge in [0.15, 0.2) is 0 Å². The highest BCUT2D eigenvalue weighted by atomic mass is 32.2. The number of hydrogen-bond donors (Lipinski definition) is 2. The van der Waals surface area contributed by atoms with Crippen LogP contribution in [0.1, 0.15) is 36.3 Å². The molecule has 1 aliphatic rings. The van der Waals surface area contributed by atoms with Crippen molar-refractivity contribution in [3.63, 3.8) is 0 Å². The van der Waals surface area contributed by atoms with Crippen LogP contribution < -0.4 is 10.0 Å². The van der Waals surface area contributed by atoms with Gasteiger partial charge in [0.1, 0.15) is 5.69 Å². The van der Waals surface area contributed by atoms with Gasteiger partial charge in [0.05, 0.1) is 11.8 Å². The van der Waals surface area contributed by atoms with E-state index >= 15 is 0 Å². The molecular formula is C14H25N5O3S. The number of nitrogens with zero attached hydrogens (tertiary/aromatic N) is 3. The minimum Gasteiger partial charge on any atom is -0.354 e. The standard InChI is InChI=1S/C14H25N5O3S/c1-3-23(21,22)16-7-10-18-8-4-5-12(11-18)19-9-6-13(17-19)14(20)15-2/h6,9,12,16H,3-5,7-8,10-11H2,1-2H3,(H,15,20). The van der Waals surface area contributed by atoms with E-state index in [4.69, 9.17) is 0 Å². The van der Waals surface area contributed by atoms with Crippen molar-refractivity contribution >= 4 is 15.9 Å². The molecule has 0 saturated carbocycles. The molecule has 2 N–H and O–H groups in total. The van der Waals surface area contributed by atoms with Crippen molar-refractivity contribution < 1.29 is 13.2 Å². The SMILES string of the molecule is CCS(=O)(=O)NCCN1CCCC(n2ccc(C(=O)NC)n2)C1. The van der Waals surface area contributed by atoms with E-state index in [2.05, 4.69) is 20.0 Å². The normalized spacial score (nSPS) is 19.7. The number of hydrogen-bond acceptors (Lipinski definition) is 5. The molecule has 130 valence electrons. The van der Waals surface area contributed by atoms with Crippen LogP contribution in [0.25, 0.3) is 0 Å². The van der Waals surface area contributed by atoms with Crippen LogP contribution in [0.15, 0.2) is 12.3 Å². The second-order valence-electron chi connectivity index (χ2n) is 5.65. The highest BCUT2D eigenvalue weighted by Crippen LogP contribution is 2.20. The molecule has 1 amide bonds. The number of aromatic nitrogens is 2. The van der Waals surface area contributed by atoms with Gasteiger partial charge in [-0.2, -0.15) is 5.10 Å². The van der Waals surface area contributed by atoms with E-state index in [-0.39, 0.29) is 17.7 Å². The summed E-state index contributed by atoms with van der Waals surface area (Å²) in [6, 6.07) is 1.93. The van der Waals surface area contributed by atoms with E-state index in [1.54, 1.807) is 20.0 Å². The summed E-state index contributed by atoms with van der Waals surface area (Å²) in [4.78, 5) is 13.8. The van der Waals surface area contributed by atoms with E-state index in [1.807, 2.05) is 10.9 Å². The maximum Gasteiger partial charge on any atom is 0.271 e. The second-order valence-corrected chi connectivity index (χ2v) is 7.75. The third-order valence-electron chi connectivity index (χ3n) is 4.05. The second kappa shape index (κ2) is 7.89. The Balaban J connectivity index is 1.88. The molecule has 0 aliphatic carbocycles. The molecule has 0 aromatic carbocycles. The van der Waals surface area contributed by atoms with E-state index < -0.39 is 10.0 Å². The average molecular weight is 343 g/mol. The van der Waals surface area contributed by atoms with Crippen LogP contribution in [0.3, 0.4) is 0 Å². The highest BCUT2D eigenvalue weighted by Gasteiger charge is 2.22. The van der Waals surface area contributed by atoms with Gasteiger partial charge >= 0.3 is 0 Å². The molecule has 8 nitrogen and oxygen atoms in total. The number of carbonyl (C=O) groups excluding carboxylic acids is 1. The maximum atomic E-state index is 11.6. The zero-order valence-corrected chi connectivity index (χ0v) is 14.5. The molecule has 1 unspecified atom stereocenters. The zero-order chi connectivity index (χ0) is 16.9. The number of piperidine rings is 1. The first-order chi connectivity index (χ1) is 10.9. The summed E-state index contributed by atoms with van der Waals surface area (Å²) < 4.78 is 27.3. The number of rotatable bonds is 7. The smallest absolute Gasteiger partial charge is 0.271 e. The van der Waals surface area contributed by atoms with Crippen molar-refractivity contribution in [2.75, 3.05) is 39.0 Å². The molecule has 1 atom stereocenters. The van der Waals surface area contributed by atoms with Crippen LogP contribution in [-0.2, 0) is 10.0 Å². The van der Waals surface area contributed by atoms with Crippen molar-refractivity contribution in [2.24, 2.45) is 0 Å². The van der Waals surface area contributed by atoms with Gasteiger partial charge in [-0.25, -0.2) is 13.1 Å². The zero-order valence-electron chi connectivity index (χ0n) is 13.7. The molecule has 0 bridgehead atoms. The summed E-state index contributed by atoms with van der Waals surface area (Å²) >= 11 is 0. The van der Waals surface area contributed by atoms with Gasteiger partial charge in [-0.15, -0.1) is 0 Å². The number of sulfonamides is 1. The van der Waals surface area contributed by atoms with Crippen molar-refractivity contribution in [1.29, 1.82) is 0 Å². The molecule has 23 heavy (non-hydrogen) atoms. The Morgan fingerprint density at radius 1 is 1.48 bits per heavy atom. The average Bonchev–Trinajstić information content (AvgIpc) is 3.04. The topological polar surface area (TPSA) is 96.3 Å². The van der Waals surface area contributed by atoms with Gasteiger partial charge in [0, 0.05) is 32.9 Å². The molecule has 0 radical (unpaired) electrons. The van der Waals surface area contributed by atoms with Gasteiger partial charge in [-0.05, 0) is 32.4 Å². The summed E-state index contributed by atoms with van der Waals surface area (Å²) in [6.45, 7) is 4.49. The van der Waals surface area contributed by atoms with E-state index in [0.717, 1.165) is 25.9 Å². The van der Waals surface area contributed by atoms with E-state index in [0.29, 0.717) is 18.8 Å². The third kappa shape index (κ3) is 5.02. The molecule has 1 fully saturated rings. The fourth-order valence-electron chi connectivity index (χ4n) is 2.70. The molecular weight excluding hydrogens is 318 g/mol. The fraction of sp³-hybridized carbons (Fsp3) is 0.714. The Morgan fingerprint density at radius 3 is 2.96 bits per heavy atom. The van der Waals surface area contributed by atoms with E-state index in [1.165, 1.54) is 0 Å². The number of likely N-dealkylation sites (tertiary alicyclic amines) is 1. The lowest BCUT2D eigenvalue weighted by Gasteiger charge is -2.32. The summed E-state index contributed by atoms with van der Waals surface area (Å²) in [6.07, 6.45) is 3.87. The minimum absolute atomic E-state index is 0.102. The van der Waals surface area contributed by atoms with Gasteiger partial charge in [0.2, 0.25) is 10.0 Å². The monoisotopic (exact) mass is 343 g/mol. The Labute approximate surface area is 137 Å². The minimum atomic E-state index is -3.13. The third-order valence-corrected chi connectivity index (χ3v) is 5.46. The maximum absolute atomic E-state index is 11.6. The van der Waals surface area contributed by atoms with Crippen LogP contribution in [-0.4, -0.2) is 68.0 Å². The molecule has 1 aliphatic heterocycles. The quantitative estimate of drug-likeness (QED) is 0.716. The van der Waals surface area contributed by atoms with Crippen molar-refractivity contribution in [1.82, 2.24) is 24.7 Å². The summed E-state index contributed by atoms with van der Waals surface area (Å²) in [5.74, 6) is -0.0871. The van der Waals surface area contributed by atoms with Gasteiger partial charge in [0.25, 0.3) is 5.91 Å². The molecule has 2 rings (SSSR count). The lowest BCUT2D eigenvalue weighted by molar-refractivity contribution is 0.0956. The van der Waals surface area contributed by atoms with E-state index in [9.17, 15) is 13.2 Å². The predicted octanol–water partition coefficient (Wildman–Crippen LogP) is -0.181. The lowest BCUT2D eigenvalue weighted by atomic mass is 10.1. The lowest BCUT2D eigenvalue weighted by Crippen LogP contribution is -2.41. The Bertz CT molecular complexity index is 628. The Kier molecular flexibility index (Phi) is 6.14. The van der Waals surface area contributed by atoms with Gasteiger partial charge in [-0.3, -0.25) is 14.4 Å². The summed E-state index contributed by atoms with van der Waals surface area (Å²) in [7, 11) is -1.55.